The summed E-state index contributed by atoms with van der Waals surface area (Å²) in [6.07, 6.45) is 0. The van der Waals surface area contributed by atoms with Gasteiger partial charge in [0, 0.05) is 0 Å². The van der Waals surface area contributed by atoms with Crippen LogP contribution in [0, 0.1) is 0 Å². The topological polar surface area (TPSA) is 50.4 Å². The molecule has 4 nitrogen and oxygen atoms in total. The first-order valence-electron chi connectivity index (χ1n) is 7.58. The Balaban J connectivity index is 1.74. The highest BCUT2D eigenvalue weighted by Crippen LogP contribution is 2.20. The van der Waals surface area contributed by atoms with Crippen LogP contribution in [0.5, 0.6) is 5.75 Å². The van der Waals surface area contributed by atoms with Gasteiger partial charge in [0.2, 0.25) is 0 Å². The molecule has 0 saturated carbocycles. The molecule has 23 heavy (non-hydrogen) atoms. The Morgan fingerprint density at radius 2 is 1.96 bits per heavy atom. The highest BCUT2D eigenvalue weighted by Gasteiger charge is 2.05. The minimum absolute atomic E-state index is 0.308. The van der Waals surface area contributed by atoms with E-state index in [1.807, 2.05) is 30.3 Å². The summed E-state index contributed by atoms with van der Waals surface area (Å²) in [7, 11) is 0. The molecule has 2 aromatic carbocycles. The van der Waals surface area contributed by atoms with Crippen LogP contribution >= 0.6 is 11.6 Å². The summed E-state index contributed by atoms with van der Waals surface area (Å²) < 4.78 is 5.65. The van der Waals surface area contributed by atoms with Crippen LogP contribution in [0.2, 0.25) is 5.02 Å². The third-order valence-electron chi connectivity index (χ3n) is 3.30. The van der Waals surface area contributed by atoms with Gasteiger partial charge in [-0.25, -0.2) is 4.79 Å². The molecule has 0 bridgehead atoms. The Bertz CT molecular complexity index is 659. The Kier molecular flexibility index (Phi) is 6.29. The number of para-hydroxylation sites is 1. The second-order valence-electron chi connectivity index (χ2n) is 5.44. The number of carbonyl (C=O) groups is 1. The van der Waals surface area contributed by atoms with Crippen LogP contribution in [0.4, 0.5) is 10.5 Å². The number of amides is 2. The van der Waals surface area contributed by atoms with Crippen molar-refractivity contribution in [3.05, 3.63) is 59.1 Å². The van der Waals surface area contributed by atoms with Gasteiger partial charge in [0.1, 0.15) is 12.4 Å². The quantitative estimate of drug-likeness (QED) is 0.755. The zero-order valence-corrected chi connectivity index (χ0v) is 14.1. The molecule has 0 atom stereocenters. The van der Waals surface area contributed by atoms with Crippen LogP contribution < -0.4 is 15.4 Å². The van der Waals surface area contributed by atoms with Crippen LogP contribution in [0.25, 0.3) is 0 Å². The second-order valence-corrected chi connectivity index (χ2v) is 5.84. The standard InChI is InChI=1S/C18H21ClN2O2/c1-13(2)14-6-5-7-15(12-14)23-11-10-20-18(22)21-17-9-4-3-8-16(17)19/h3-9,12-13H,10-11H2,1-2H3,(H2,20,21,22). The van der Waals surface area contributed by atoms with Crippen molar-refractivity contribution in [2.24, 2.45) is 0 Å². The molecular formula is C18H21ClN2O2. The van der Waals surface area contributed by atoms with E-state index in [4.69, 9.17) is 16.3 Å². The van der Waals surface area contributed by atoms with Crippen molar-refractivity contribution >= 4 is 23.3 Å². The summed E-state index contributed by atoms with van der Waals surface area (Å²) in [5.41, 5.74) is 1.81. The molecule has 2 rings (SSSR count). The maximum absolute atomic E-state index is 11.8. The van der Waals surface area contributed by atoms with E-state index in [0.29, 0.717) is 29.8 Å². The van der Waals surface area contributed by atoms with Crippen molar-refractivity contribution in [2.45, 2.75) is 19.8 Å². The van der Waals surface area contributed by atoms with Crippen LogP contribution in [0.15, 0.2) is 48.5 Å². The molecule has 0 aliphatic rings. The van der Waals surface area contributed by atoms with E-state index < -0.39 is 0 Å². The van der Waals surface area contributed by atoms with Crippen molar-refractivity contribution in [3.63, 3.8) is 0 Å². The molecule has 0 unspecified atom stereocenters. The molecule has 0 spiro atoms. The van der Waals surface area contributed by atoms with E-state index >= 15 is 0 Å². The van der Waals surface area contributed by atoms with E-state index in [-0.39, 0.29) is 6.03 Å². The summed E-state index contributed by atoms with van der Waals surface area (Å²) in [4.78, 5) is 11.8. The number of anilines is 1. The van der Waals surface area contributed by atoms with Gasteiger partial charge in [-0.1, -0.05) is 49.7 Å². The lowest BCUT2D eigenvalue weighted by atomic mass is 10.0. The molecular weight excluding hydrogens is 312 g/mol. The zero-order chi connectivity index (χ0) is 16.7. The molecule has 2 amide bonds. The van der Waals surface area contributed by atoms with Crippen LogP contribution in [0.3, 0.4) is 0 Å². The predicted molar refractivity (Wildman–Crippen MR) is 94.5 cm³/mol. The lowest BCUT2D eigenvalue weighted by Crippen LogP contribution is -2.32. The second kappa shape index (κ2) is 8.44. The summed E-state index contributed by atoms with van der Waals surface area (Å²) in [5.74, 6) is 1.27. The molecule has 0 fully saturated rings. The minimum atomic E-state index is -0.308. The SMILES string of the molecule is CC(C)c1cccc(OCCNC(=O)Nc2ccccc2Cl)c1. The van der Waals surface area contributed by atoms with E-state index in [1.165, 1.54) is 5.56 Å². The number of urea groups is 1. The zero-order valence-electron chi connectivity index (χ0n) is 13.3. The Morgan fingerprint density at radius 1 is 1.17 bits per heavy atom. The number of ether oxygens (including phenoxy) is 1. The van der Waals surface area contributed by atoms with Gasteiger partial charge in [0.05, 0.1) is 17.3 Å². The predicted octanol–water partition coefficient (Wildman–Crippen LogP) is 4.66. The van der Waals surface area contributed by atoms with E-state index in [0.717, 1.165) is 5.75 Å². The fourth-order valence-corrected chi connectivity index (χ4v) is 2.21. The molecule has 0 aliphatic carbocycles. The fraction of sp³-hybridized carbons (Fsp3) is 0.278. The fourth-order valence-electron chi connectivity index (χ4n) is 2.03. The molecule has 5 heteroatoms. The normalized spacial score (nSPS) is 10.4. The number of carbonyl (C=O) groups excluding carboxylic acids is 1. The first-order chi connectivity index (χ1) is 11.1. The first kappa shape index (κ1) is 17.2. The Morgan fingerprint density at radius 3 is 2.70 bits per heavy atom. The molecule has 0 radical (unpaired) electrons. The van der Waals surface area contributed by atoms with Gasteiger partial charge in [-0.3, -0.25) is 0 Å². The summed E-state index contributed by atoms with van der Waals surface area (Å²) in [5, 5.41) is 5.93. The van der Waals surface area contributed by atoms with Gasteiger partial charge in [-0.2, -0.15) is 0 Å². The van der Waals surface area contributed by atoms with E-state index in [1.54, 1.807) is 12.1 Å². The van der Waals surface area contributed by atoms with Crippen molar-refractivity contribution < 1.29 is 9.53 Å². The number of hydrogen-bond acceptors (Lipinski definition) is 2. The third kappa shape index (κ3) is 5.49. The van der Waals surface area contributed by atoms with Gasteiger partial charge in [-0.05, 0) is 35.7 Å². The largest absolute Gasteiger partial charge is 0.492 e. The number of benzene rings is 2. The van der Waals surface area contributed by atoms with Crippen molar-refractivity contribution in [1.29, 1.82) is 0 Å². The number of hydrogen-bond donors (Lipinski definition) is 2. The third-order valence-corrected chi connectivity index (χ3v) is 3.63. The van der Waals surface area contributed by atoms with E-state index in [2.05, 4.69) is 30.5 Å². The summed E-state index contributed by atoms with van der Waals surface area (Å²) in [6.45, 7) is 5.08. The molecule has 2 N–H and O–H groups in total. The Hall–Kier alpha value is -2.20. The first-order valence-corrected chi connectivity index (χ1v) is 7.96. The molecule has 0 aromatic heterocycles. The molecule has 2 aromatic rings. The smallest absolute Gasteiger partial charge is 0.319 e. The van der Waals surface area contributed by atoms with Crippen LogP contribution in [-0.4, -0.2) is 19.2 Å². The highest BCUT2D eigenvalue weighted by atomic mass is 35.5. The number of halogens is 1. The van der Waals surface area contributed by atoms with Crippen LogP contribution in [0.1, 0.15) is 25.3 Å². The number of nitrogens with one attached hydrogen (secondary N) is 2. The van der Waals surface area contributed by atoms with Crippen LogP contribution in [-0.2, 0) is 0 Å². The molecule has 122 valence electrons. The molecule has 0 aliphatic heterocycles. The summed E-state index contributed by atoms with van der Waals surface area (Å²) in [6, 6.07) is 14.8. The lowest BCUT2D eigenvalue weighted by Gasteiger charge is -2.11. The average Bonchev–Trinajstić information content (AvgIpc) is 2.54. The van der Waals surface area contributed by atoms with Crippen molar-refractivity contribution in [2.75, 3.05) is 18.5 Å². The monoisotopic (exact) mass is 332 g/mol. The van der Waals surface area contributed by atoms with Gasteiger partial charge >= 0.3 is 6.03 Å². The molecule has 0 saturated heterocycles. The van der Waals surface area contributed by atoms with Gasteiger partial charge in [0.25, 0.3) is 0 Å². The van der Waals surface area contributed by atoms with Crippen molar-refractivity contribution in [1.82, 2.24) is 5.32 Å². The summed E-state index contributed by atoms with van der Waals surface area (Å²) >= 11 is 5.98. The highest BCUT2D eigenvalue weighted by molar-refractivity contribution is 6.33. The van der Waals surface area contributed by atoms with Gasteiger partial charge in [-0.15, -0.1) is 0 Å². The average molecular weight is 333 g/mol. The maximum atomic E-state index is 11.8. The van der Waals surface area contributed by atoms with Gasteiger partial charge in [0.15, 0.2) is 0 Å². The number of rotatable bonds is 6. The van der Waals surface area contributed by atoms with E-state index in [9.17, 15) is 4.79 Å². The Labute approximate surface area is 141 Å². The van der Waals surface area contributed by atoms with Gasteiger partial charge < -0.3 is 15.4 Å². The maximum Gasteiger partial charge on any atom is 0.319 e. The minimum Gasteiger partial charge on any atom is -0.492 e. The lowest BCUT2D eigenvalue weighted by molar-refractivity contribution is 0.247. The molecule has 0 heterocycles. The van der Waals surface area contributed by atoms with Crippen molar-refractivity contribution in [3.8, 4) is 5.75 Å².